The maximum Gasteiger partial charge on any atom is 0.191 e. The topological polar surface area (TPSA) is 65.9 Å². The predicted molar refractivity (Wildman–Crippen MR) is 101 cm³/mol. The van der Waals surface area contributed by atoms with Crippen LogP contribution in [-0.4, -0.2) is 55.3 Å². The average Bonchev–Trinajstić information content (AvgIpc) is 2.59. The van der Waals surface area contributed by atoms with Gasteiger partial charge in [-0.1, -0.05) is 11.6 Å². The van der Waals surface area contributed by atoms with Crippen molar-refractivity contribution in [3.8, 4) is 0 Å². The van der Waals surface area contributed by atoms with Crippen molar-refractivity contribution in [3.63, 3.8) is 0 Å². The molecule has 0 bridgehead atoms. The number of aliphatic hydroxyl groups is 1. The molecule has 0 aromatic heterocycles. The maximum absolute atomic E-state index is 10.5. The van der Waals surface area contributed by atoms with Crippen molar-refractivity contribution < 1.29 is 9.84 Å². The number of hydrogen-bond donors (Lipinski definition) is 3. The van der Waals surface area contributed by atoms with Gasteiger partial charge in [-0.3, -0.25) is 4.99 Å². The molecule has 0 radical (unpaired) electrons. The summed E-state index contributed by atoms with van der Waals surface area (Å²) < 4.78 is 5.30. The lowest BCUT2D eigenvalue weighted by Crippen LogP contribution is -2.43. The van der Waals surface area contributed by atoms with Crippen LogP contribution in [0, 0.1) is 0 Å². The smallest absolute Gasteiger partial charge is 0.191 e. The molecule has 0 saturated carbocycles. The Labute approximate surface area is 153 Å². The molecule has 0 unspecified atom stereocenters. The van der Waals surface area contributed by atoms with E-state index in [0.29, 0.717) is 32.6 Å². The molecule has 2 rings (SSSR count). The quantitative estimate of drug-likeness (QED) is 0.297. The predicted octanol–water partition coefficient (Wildman–Crippen LogP) is 2.53. The molecule has 3 N–H and O–H groups in total. The van der Waals surface area contributed by atoms with E-state index in [4.69, 9.17) is 16.3 Å². The number of benzene rings is 1. The van der Waals surface area contributed by atoms with E-state index in [1.165, 1.54) is 4.90 Å². The number of ether oxygens (including phenoxy) is 1. The zero-order valence-corrected chi connectivity index (χ0v) is 15.6. The van der Waals surface area contributed by atoms with Gasteiger partial charge >= 0.3 is 0 Å². The fraction of sp³-hybridized carbons (Fsp3) is 0.588. The molecular weight excluding hydrogens is 346 g/mol. The molecule has 1 aliphatic rings. The molecule has 7 heteroatoms. The van der Waals surface area contributed by atoms with E-state index >= 15 is 0 Å². The van der Waals surface area contributed by atoms with Crippen molar-refractivity contribution in [2.24, 2.45) is 4.99 Å². The second kappa shape index (κ2) is 10.1. The highest BCUT2D eigenvalue weighted by atomic mass is 35.5. The lowest BCUT2D eigenvalue weighted by molar-refractivity contribution is -0.0565. The molecule has 1 fully saturated rings. The number of rotatable bonds is 7. The number of hydrogen-bond acceptors (Lipinski definition) is 4. The summed E-state index contributed by atoms with van der Waals surface area (Å²) in [4.78, 5) is 5.72. The lowest BCUT2D eigenvalue weighted by atomic mass is 9.95. The Morgan fingerprint density at radius 3 is 2.67 bits per heavy atom. The summed E-state index contributed by atoms with van der Waals surface area (Å²) >= 11 is 7.65. The van der Waals surface area contributed by atoms with E-state index in [1.54, 1.807) is 11.8 Å². The molecular formula is C17H26ClN3O2S. The third-order valence-electron chi connectivity index (χ3n) is 3.78. The van der Waals surface area contributed by atoms with Crippen LogP contribution >= 0.6 is 23.4 Å². The highest BCUT2D eigenvalue weighted by molar-refractivity contribution is 7.99. The Morgan fingerprint density at radius 2 is 2.00 bits per heavy atom. The van der Waals surface area contributed by atoms with Crippen LogP contribution in [0.3, 0.4) is 0 Å². The average molecular weight is 372 g/mol. The molecule has 1 saturated heterocycles. The molecule has 1 aliphatic heterocycles. The van der Waals surface area contributed by atoms with Crippen LogP contribution in [-0.2, 0) is 4.74 Å². The molecule has 1 heterocycles. The van der Waals surface area contributed by atoms with Gasteiger partial charge in [0.05, 0.1) is 12.1 Å². The van der Waals surface area contributed by atoms with Crippen LogP contribution in [0.4, 0.5) is 0 Å². The van der Waals surface area contributed by atoms with Gasteiger partial charge in [-0.15, -0.1) is 11.8 Å². The Hall–Kier alpha value is -0.950. The molecule has 0 aliphatic carbocycles. The summed E-state index contributed by atoms with van der Waals surface area (Å²) in [5.74, 6) is 1.67. The van der Waals surface area contributed by atoms with Crippen molar-refractivity contribution in [1.29, 1.82) is 0 Å². The number of nitrogens with one attached hydrogen (secondary N) is 2. The van der Waals surface area contributed by atoms with E-state index in [0.717, 1.165) is 29.8 Å². The van der Waals surface area contributed by atoms with E-state index in [-0.39, 0.29) is 0 Å². The number of thioether (sulfide) groups is 1. The molecule has 134 valence electrons. The number of halogens is 1. The minimum absolute atomic E-state index is 0.399. The van der Waals surface area contributed by atoms with Crippen molar-refractivity contribution in [2.75, 3.05) is 38.6 Å². The van der Waals surface area contributed by atoms with E-state index in [9.17, 15) is 5.11 Å². The Kier molecular flexibility index (Phi) is 8.18. The van der Waals surface area contributed by atoms with Gasteiger partial charge in [0.1, 0.15) is 0 Å². The summed E-state index contributed by atoms with van der Waals surface area (Å²) in [6, 6.07) is 7.84. The third kappa shape index (κ3) is 6.89. The fourth-order valence-electron chi connectivity index (χ4n) is 2.35. The molecule has 1 aromatic rings. The molecule has 5 nitrogen and oxygen atoms in total. The van der Waals surface area contributed by atoms with E-state index in [2.05, 4.69) is 15.6 Å². The summed E-state index contributed by atoms with van der Waals surface area (Å²) in [6.45, 7) is 5.22. The SMILES string of the molecule is CCNC(=NCC1(O)CCOCC1)NCCSc1ccc(Cl)cc1. The number of nitrogens with zero attached hydrogens (tertiary/aromatic N) is 1. The monoisotopic (exact) mass is 371 g/mol. The van der Waals surface area contributed by atoms with Crippen molar-refractivity contribution >= 4 is 29.3 Å². The van der Waals surface area contributed by atoms with Gasteiger partial charge in [0.25, 0.3) is 0 Å². The third-order valence-corrected chi connectivity index (χ3v) is 5.04. The highest BCUT2D eigenvalue weighted by Gasteiger charge is 2.29. The maximum atomic E-state index is 10.5. The first-order valence-corrected chi connectivity index (χ1v) is 9.68. The highest BCUT2D eigenvalue weighted by Crippen LogP contribution is 2.21. The first-order chi connectivity index (χ1) is 11.6. The normalized spacial score (nSPS) is 17.5. The molecule has 1 aromatic carbocycles. The largest absolute Gasteiger partial charge is 0.388 e. The van der Waals surface area contributed by atoms with Crippen LogP contribution in [0.1, 0.15) is 19.8 Å². The van der Waals surface area contributed by atoms with Gasteiger partial charge in [0.15, 0.2) is 5.96 Å². The molecule has 0 spiro atoms. The van der Waals surface area contributed by atoms with Crippen molar-refractivity contribution in [3.05, 3.63) is 29.3 Å². The van der Waals surface area contributed by atoms with Crippen molar-refractivity contribution in [2.45, 2.75) is 30.3 Å². The molecule has 24 heavy (non-hydrogen) atoms. The van der Waals surface area contributed by atoms with Gasteiger partial charge in [-0.25, -0.2) is 0 Å². The summed E-state index contributed by atoms with van der Waals surface area (Å²) in [6.07, 6.45) is 1.28. The summed E-state index contributed by atoms with van der Waals surface area (Å²) in [5, 5.41) is 17.8. The van der Waals surface area contributed by atoms with Gasteiger partial charge in [-0.2, -0.15) is 0 Å². The van der Waals surface area contributed by atoms with Gasteiger partial charge < -0.3 is 20.5 Å². The summed E-state index contributed by atoms with van der Waals surface area (Å²) in [5.41, 5.74) is -0.737. The van der Waals surface area contributed by atoms with E-state index in [1.807, 2.05) is 31.2 Å². The lowest BCUT2D eigenvalue weighted by Gasteiger charge is -2.30. The first-order valence-electron chi connectivity index (χ1n) is 8.32. The standard InChI is InChI=1S/C17H26ClN3O2S/c1-2-19-16(21-13-17(22)7-10-23-11-8-17)20-9-12-24-15-5-3-14(18)4-6-15/h3-6,22H,2,7-13H2,1H3,(H2,19,20,21). The van der Waals surface area contributed by atoms with Crippen LogP contribution in [0.5, 0.6) is 0 Å². The minimum atomic E-state index is -0.737. The zero-order valence-electron chi connectivity index (χ0n) is 14.1. The van der Waals surface area contributed by atoms with Crippen LogP contribution in [0.25, 0.3) is 0 Å². The van der Waals surface area contributed by atoms with Crippen LogP contribution in [0.2, 0.25) is 5.02 Å². The zero-order chi connectivity index (χ0) is 17.3. The number of aliphatic imine (C=N–C) groups is 1. The van der Waals surface area contributed by atoms with Gasteiger partial charge in [0.2, 0.25) is 0 Å². The van der Waals surface area contributed by atoms with E-state index < -0.39 is 5.60 Å². The van der Waals surface area contributed by atoms with Crippen LogP contribution in [0.15, 0.2) is 34.2 Å². The van der Waals surface area contributed by atoms with Gasteiger partial charge in [0, 0.05) is 54.8 Å². The Bertz CT molecular complexity index is 519. The Balaban J connectivity index is 1.75. The Morgan fingerprint density at radius 1 is 1.29 bits per heavy atom. The fourth-order valence-corrected chi connectivity index (χ4v) is 3.24. The second-order valence-electron chi connectivity index (χ2n) is 5.76. The van der Waals surface area contributed by atoms with Crippen LogP contribution < -0.4 is 10.6 Å². The number of guanidine groups is 1. The molecule has 0 atom stereocenters. The second-order valence-corrected chi connectivity index (χ2v) is 7.37. The van der Waals surface area contributed by atoms with Crippen molar-refractivity contribution in [1.82, 2.24) is 10.6 Å². The van der Waals surface area contributed by atoms with Gasteiger partial charge in [-0.05, 0) is 31.2 Å². The summed E-state index contributed by atoms with van der Waals surface area (Å²) in [7, 11) is 0. The minimum Gasteiger partial charge on any atom is -0.388 e. The first kappa shape index (κ1) is 19.4. The molecule has 0 amide bonds.